The Bertz CT molecular complexity index is 1560. The number of amides is 1. The minimum atomic E-state index is -2.30. The summed E-state index contributed by atoms with van der Waals surface area (Å²) in [4.78, 5) is 25.2. The Morgan fingerprint density at radius 1 is 0.872 bits per heavy atom. The van der Waals surface area contributed by atoms with E-state index in [2.05, 4.69) is 67.4 Å². The molecule has 1 amide bonds. The van der Waals surface area contributed by atoms with Crippen LogP contribution in [0.15, 0.2) is 103 Å². The monoisotopic (exact) mass is 654 g/mol. The van der Waals surface area contributed by atoms with Crippen LogP contribution < -0.4 is 10.1 Å². The third-order valence-corrected chi connectivity index (χ3v) is 12.7. The Morgan fingerprint density at radius 2 is 1.47 bits per heavy atom. The van der Waals surface area contributed by atoms with Crippen LogP contribution in [0.3, 0.4) is 0 Å². The summed E-state index contributed by atoms with van der Waals surface area (Å²) in [5.74, 6) is 0.487. The van der Waals surface area contributed by atoms with Crippen LogP contribution in [0.2, 0.25) is 18.1 Å². The number of anilines is 1. The van der Waals surface area contributed by atoms with Gasteiger partial charge in [-0.1, -0.05) is 105 Å². The summed E-state index contributed by atoms with van der Waals surface area (Å²) < 4.78 is 10.9. The van der Waals surface area contributed by atoms with Crippen molar-refractivity contribution in [1.82, 2.24) is 4.90 Å². The van der Waals surface area contributed by atoms with Crippen molar-refractivity contribution >= 4 is 20.1 Å². The molecule has 0 radical (unpaired) electrons. The zero-order valence-electron chi connectivity index (χ0n) is 28.6. The Hall–Kier alpha value is -3.95. The zero-order valence-corrected chi connectivity index (χ0v) is 29.6. The van der Waals surface area contributed by atoms with Gasteiger partial charge >= 0.3 is 6.09 Å². The first-order valence-electron chi connectivity index (χ1n) is 16.3. The number of benzene rings is 4. The number of aliphatic hydroxyl groups is 1. The van der Waals surface area contributed by atoms with Crippen molar-refractivity contribution in [3.05, 3.63) is 131 Å². The van der Waals surface area contributed by atoms with Gasteiger partial charge in [0.2, 0.25) is 0 Å². The minimum absolute atomic E-state index is 0.122. The van der Waals surface area contributed by atoms with Crippen LogP contribution in [0, 0.1) is 0 Å². The van der Waals surface area contributed by atoms with Gasteiger partial charge in [0.15, 0.2) is 8.32 Å². The van der Waals surface area contributed by atoms with E-state index in [4.69, 9.17) is 9.47 Å². The SMILES string of the molecule is COC(=O)Nc1cc([C@H](O)CN(Cc2ccccc2)[C@H](C)Cc2ccc(CC(C)(C)[Si](C)(C)O)cc2)ccc1OCc1ccccc1. The maximum absolute atomic E-state index is 12.2. The van der Waals surface area contributed by atoms with Crippen molar-refractivity contribution in [2.24, 2.45) is 0 Å². The highest BCUT2D eigenvalue weighted by Gasteiger charge is 2.37. The van der Waals surface area contributed by atoms with Gasteiger partial charge < -0.3 is 19.4 Å². The van der Waals surface area contributed by atoms with Gasteiger partial charge in [-0.25, -0.2) is 4.79 Å². The molecule has 4 aromatic rings. The number of carbonyl (C=O) groups is 1. The van der Waals surface area contributed by atoms with Gasteiger partial charge in [-0.05, 0) is 77.8 Å². The number of aliphatic hydroxyl groups excluding tert-OH is 1. The molecular formula is C39H50N2O5Si. The number of nitrogens with one attached hydrogen (secondary N) is 1. The molecule has 0 aliphatic carbocycles. The maximum atomic E-state index is 12.2. The van der Waals surface area contributed by atoms with Gasteiger partial charge in [-0.15, -0.1) is 0 Å². The molecule has 250 valence electrons. The van der Waals surface area contributed by atoms with Gasteiger partial charge in [0.05, 0.1) is 18.9 Å². The van der Waals surface area contributed by atoms with Gasteiger partial charge in [-0.3, -0.25) is 10.2 Å². The van der Waals surface area contributed by atoms with E-state index < -0.39 is 20.5 Å². The lowest BCUT2D eigenvalue weighted by molar-refractivity contribution is 0.0859. The second-order valence-corrected chi connectivity index (χ2v) is 18.0. The average molecular weight is 655 g/mol. The molecule has 4 rings (SSSR count). The summed E-state index contributed by atoms with van der Waals surface area (Å²) in [6, 6.07) is 34.3. The van der Waals surface area contributed by atoms with Crippen LogP contribution in [0.25, 0.3) is 0 Å². The molecule has 8 heteroatoms. The molecule has 0 aliphatic heterocycles. The van der Waals surface area contributed by atoms with Crippen LogP contribution in [0.4, 0.5) is 10.5 Å². The molecule has 0 aliphatic rings. The molecule has 0 saturated carbocycles. The van der Waals surface area contributed by atoms with Crippen molar-refractivity contribution in [2.75, 3.05) is 19.0 Å². The number of hydrogen-bond donors (Lipinski definition) is 3. The molecule has 0 saturated heterocycles. The standard InChI is InChI=1S/C39H50N2O5Si/c1-29(23-30-17-19-31(20-18-30)25-39(2,3)47(5,6)44)41(26-32-13-9-7-10-14-32)27-36(42)34-21-22-37(35(24-34)40-38(43)45-4)46-28-33-15-11-8-12-16-33/h7-22,24,29,36,42,44H,23,25-28H2,1-6H3,(H,40,43)/t29-,36-/m1/s1. The number of methoxy groups -OCH3 is 1. The highest BCUT2D eigenvalue weighted by atomic mass is 28.4. The van der Waals surface area contributed by atoms with Crippen LogP contribution in [0.1, 0.15) is 54.7 Å². The van der Waals surface area contributed by atoms with E-state index in [1.807, 2.05) is 67.7 Å². The lowest BCUT2D eigenvalue weighted by Gasteiger charge is -2.35. The first kappa shape index (κ1) is 35.9. The lowest BCUT2D eigenvalue weighted by atomic mass is 9.98. The molecule has 47 heavy (non-hydrogen) atoms. The van der Waals surface area contributed by atoms with Crippen LogP contribution in [0.5, 0.6) is 5.75 Å². The Kier molecular flexibility index (Phi) is 12.4. The molecule has 0 unspecified atom stereocenters. The summed E-state index contributed by atoms with van der Waals surface area (Å²) in [6.45, 7) is 11.9. The highest BCUT2D eigenvalue weighted by molar-refractivity contribution is 6.72. The van der Waals surface area contributed by atoms with Crippen molar-refractivity contribution in [3.63, 3.8) is 0 Å². The summed E-state index contributed by atoms with van der Waals surface area (Å²) in [5.41, 5.74) is 5.71. The van der Waals surface area contributed by atoms with E-state index in [1.54, 1.807) is 12.1 Å². The largest absolute Gasteiger partial charge is 0.487 e. The molecule has 0 fully saturated rings. The van der Waals surface area contributed by atoms with E-state index in [-0.39, 0.29) is 11.1 Å². The molecule has 4 aromatic carbocycles. The summed E-state index contributed by atoms with van der Waals surface area (Å²) in [6.07, 6.45) is 0.217. The maximum Gasteiger partial charge on any atom is 0.411 e. The predicted octanol–water partition coefficient (Wildman–Crippen LogP) is 8.13. The van der Waals surface area contributed by atoms with E-state index in [0.29, 0.717) is 36.7 Å². The number of nitrogens with zero attached hydrogens (tertiary/aromatic N) is 1. The molecule has 7 nitrogen and oxygen atoms in total. The van der Waals surface area contributed by atoms with Gasteiger partial charge in [-0.2, -0.15) is 0 Å². The third-order valence-electron chi connectivity index (χ3n) is 9.16. The summed E-state index contributed by atoms with van der Waals surface area (Å²) in [5, 5.41) is 14.2. The van der Waals surface area contributed by atoms with Gasteiger partial charge in [0.1, 0.15) is 12.4 Å². The van der Waals surface area contributed by atoms with Gasteiger partial charge in [0.25, 0.3) is 0 Å². The highest BCUT2D eigenvalue weighted by Crippen LogP contribution is 2.38. The Labute approximate surface area is 281 Å². The van der Waals surface area contributed by atoms with Crippen molar-refractivity contribution in [3.8, 4) is 5.75 Å². The normalized spacial score (nSPS) is 13.2. The molecule has 3 N–H and O–H groups in total. The number of rotatable bonds is 15. The van der Waals surface area contributed by atoms with Gasteiger partial charge in [0, 0.05) is 19.1 Å². The average Bonchev–Trinajstić information content (AvgIpc) is 3.05. The summed E-state index contributed by atoms with van der Waals surface area (Å²) >= 11 is 0. The third kappa shape index (κ3) is 10.5. The van der Waals surface area contributed by atoms with E-state index in [1.165, 1.54) is 18.2 Å². The lowest BCUT2D eigenvalue weighted by Crippen LogP contribution is -2.40. The number of hydrogen-bond acceptors (Lipinski definition) is 6. The zero-order chi connectivity index (χ0) is 34.0. The van der Waals surface area contributed by atoms with Crippen molar-refractivity contribution in [1.29, 1.82) is 0 Å². The topological polar surface area (TPSA) is 91.3 Å². The fourth-order valence-corrected chi connectivity index (χ4v) is 6.05. The smallest absolute Gasteiger partial charge is 0.411 e. The fourth-order valence-electron chi connectivity index (χ4n) is 5.41. The van der Waals surface area contributed by atoms with Crippen molar-refractivity contribution < 1.29 is 24.2 Å². The number of carbonyl (C=O) groups excluding carboxylic acids is 1. The Morgan fingerprint density at radius 3 is 2.06 bits per heavy atom. The van der Waals surface area contributed by atoms with Crippen molar-refractivity contribution in [2.45, 2.75) is 77.0 Å². The quantitative estimate of drug-likeness (QED) is 0.112. The fraction of sp³-hybridized carbons (Fsp3) is 0.359. The first-order valence-corrected chi connectivity index (χ1v) is 19.2. The van der Waals surface area contributed by atoms with Crippen LogP contribution >= 0.6 is 0 Å². The Balaban J connectivity index is 1.51. The molecule has 0 spiro atoms. The minimum Gasteiger partial charge on any atom is -0.487 e. The second-order valence-electron chi connectivity index (χ2n) is 13.6. The number of ether oxygens (including phenoxy) is 2. The van der Waals surface area contributed by atoms with E-state index >= 15 is 0 Å². The molecule has 0 heterocycles. The van der Waals surface area contributed by atoms with Crippen LogP contribution in [-0.4, -0.2) is 48.9 Å². The summed E-state index contributed by atoms with van der Waals surface area (Å²) in [7, 11) is -0.990. The molecule has 0 bridgehead atoms. The molecule has 2 atom stereocenters. The van der Waals surface area contributed by atoms with E-state index in [0.717, 1.165) is 24.0 Å². The van der Waals surface area contributed by atoms with E-state index in [9.17, 15) is 14.7 Å². The molecule has 0 aromatic heterocycles. The first-order chi connectivity index (χ1) is 22.3. The second kappa shape index (κ2) is 16.2. The van der Waals surface area contributed by atoms with Crippen LogP contribution in [-0.2, 0) is 30.7 Å². The predicted molar refractivity (Wildman–Crippen MR) is 192 cm³/mol. The molecular weight excluding hydrogens is 605 g/mol.